The molecule has 0 spiro atoms. The molecule has 1 rings (SSSR count). The van der Waals surface area contributed by atoms with Gasteiger partial charge in [-0.1, -0.05) is 26.0 Å². The lowest BCUT2D eigenvalue weighted by Crippen LogP contribution is -2.30. The maximum absolute atomic E-state index is 10.5. The van der Waals surface area contributed by atoms with Gasteiger partial charge in [-0.15, -0.1) is 0 Å². The van der Waals surface area contributed by atoms with Gasteiger partial charge in [0.25, 0.3) is 5.69 Å². The molecular weight excluding hydrogens is 192 g/mol. The van der Waals surface area contributed by atoms with Crippen molar-refractivity contribution in [2.75, 3.05) is 6.54 Å². The normalized spacial score (nSPS) is 14.6. The smallest absolute Gasteiger partial charge is 0.269 e. The number of nitrogens with two attached hydrogens (primary N) is 1. The minimum absolute atomic E-state index is 0.0882. The van der Waals surface area contributed by atoms with Gasteiger partial charge in [0, 0.05) is 24.1 Å². The Labute approximate surface area is 89.2 Å². The second kappa shape index (κ2) is 4.40. The van der Waals surface area contributed by atoms with E-state index in [0.717, 1.165) is 12.0 Å². The Bertz CT molecular complexity index is 342. The maximum atomic E-state index is 10.5. The standard InChI is InChI=1S/C11H16N2O2/c1-3-11(2,8-12)9-4-6-10(7-5-9)13(14)15/h4-7H,3,8,12H2,1-2H3. The van der Waals surface area contributed by atoms with Crippen LogP contribution in [0.15, 0.2) is 24.3 Å². The Kier molecular flexibility index (Phi) is 3.42. The van der Waals surface area contributed by atoms with Crippen molar-refractivity contribution in [1.29, 1.82) is 0 Å². The minimum atomic E-state index is -0.393. The van der Waals surface area contributed by atoms with Crippen LogP contribution in [-0.2, 0) is 5.41 Å². The van der Waals surface area contributed by atoms with E-state index in [1.807, 2.05) is 0 Å². The Morgan fingerprint density at radius 2 is 1.93 bits per heavy atom. The van der Waals surface area contributed by atoms with E-state index in [2.05, 4.69) is 13.8 Å². The van der Waals surface area contributed by atoms with Crippen molar-refractivity contribution in [2.24, 2.45) is 5.73 Å². The molecule has 15 heavy (non-hydrogen) atoms. The molecule has 0 saturated carbocycles. The minimum Gasteiger partial charge on any atom is -0.330 e. The highest BCUT2D eigenvalue weighted by atomic mass is 16.6. The first-order valence-electron chi connectivity index (χ1n) is 4.98. The lowest BCUT2D eigenvalue weighted by Gasteiger charge is -2.26. The fourth-order valence-electron chi connectivity index (χ4n) is 1.45. The van der Waals surface area contributed by atoms with Gasteiger partial charge in [0.1, 0.15) is 0 Å². The van der Waals surface area contributed by atoms with Crippen molar-refractivity contribution in [1.82, 2.24) is 0 Å². The van der Waals surface area contributed by atoms with Gasteiger partial charge in [-0.25, -0.2) is 0 Å². The Hall–Kier alpha value is -1.42. The molecule has 0 amide bonds. The molecule has 4 nitrogen and oxygen atoms in total. The zero-order chi connectivity index (χ0) is 11.5. The van der Waals surface area contributed by atoms with Crippen LogP contribution in [-0.4, -0.2) is 11.5 Å². The van der Waals surface area contributed by atoms with Gasteiger partial charge in [-0.05, 0) is 12.0 Å². The second-order valence-corrected chi connectivity index (χ2v) is 3.92. The number of rotatable bonds is 4. The highest BCUT2D eigenvalue weighted by Gasteiger charge is 2.23. The zero-order valence-electron chi connectivity index (χ0n) is 9.06. The molecule has 0 bridgehead atoms. The van der Waals surface area contributed by atoms with Gasteiger partial charge < -0.3 is 5.73 Å². The van der Waals surface area contributed by atoms with Gasteiger partial charge in [0.05, 0.1) is 4.92 Å². The second-order valence-electron chi connectivity index (χ2n) is 3.92. The average molecular weight is 208 g/mol. The number of hydrogen-bond acceptors (Lipinski definition) is 3. The van der Waals surface area contributed by atoms with Crippen molar-refractivity contribution >= 4 is 5.69 Å². The number of benzene rings is 1. The van der Waals surface area contributed by atoms with E-state index in [1.54, 1.807) is 12.1 Å². The summed E-state index contributed by atoms with van der Waals surface area (Å²) < 4.78 is 0. The number of hydrogen-bond donors (Lipinski definition) is 1. The van der Waals surface area contributed by atoms with E-state index < -0.39 is 4.92 Å². The summed E-state index contributed by atoms with van der Waals surface area (Å²) in [7, 11) is 0. The zero-order valence-corrected chi connectivity index (χ0v) is 9.06. The summed E-state index contributed by atoms with van der Waals surface area (Å²) in [6.07, 6.45) is 0.918. The summed E-state index contributed by atoms with van der Waals surface area (Å²) in [6.45, 7) is 4.67. The first kappa shape index (κ1) is 11.7. The summed E-state index contributed by atoms with van der Waals surface area (Å²) in [6, 6.07) is 6.63. The van der Waals surface area contributed by atoms with E-state index in [-0.39, 0.29) is 11.1 Å². The molecule has 0 fully saturated rings. The van der Waals surface area contributed by atoms with Gasteiger partial charge in [-0.3, -0.25) is 10.1 Å². The van der Waals surface area contributed by atoms with Gasteiger partial charge in [-0.2, -0.15) is 0 Å². The molecule has 0 saturated heterocycles. The molecule has 0 aliphatic carbocycles. The predicted molar refractivity (Wildman–Crippen MR) is 59.8 cm³/mol. The Morgan fingerprint density at radius 3 is 2.27 bits per heavy atom. The summed E-state index contributed by atoms with van der Waals surface area (Å²) in [5.74, 6) is 0. The van der Waals surface area contributed by atoms with Crippen LogP contribution in [0.4, 0.5) is 5.69 Å². The molecule has 4 heteroatoms. The van der Waals surface area contributed by atoms with Gasteiger partial charge in [0.2, 0.25) is 0 Å². The van der Waals surface area contributed by atoms with E-state index in [9.17, 15) is 10.1 Å². The molecule has 0 aromatic heterocycles. The molecule has 82 valence electrons. The predicted octanol–water partition coefficient (Wildman–Crippen LogP) is 2.22. The molecule has 1 aromatic rings. The van der Waals surface area contributed by atoms with E-state index >= 15 is 0 Å². The summed E-state index contributed by atoms with van der Waals surface area (Å²) in [5, 5.41) is 10.5. The lowest BCUT2D eigenvalue weighted by atomic mass is 9.80. The van der Waals surface area contributed by atoms with Crippen molar-refractivity contribution in [3.05, 3.63) is 39.9 Å². The number of nitro groups is 1. The molecule has 0 aliphatic rings. The van der Waals surface area contributed by atoms with Gasteiger partial charge >= 0.3 is 0 Å². The van der Waals surface area contributed by atoms with Gasteiger partial charge in [0.15, 0.2) is 0 Å². The molecule has 2 N–H and O–H groups in total. The number of nitrogens with zero attached hydrogens (tertiary/aromatic N) is 1. The molecule has 0 aliphatic heterocycles. The third-order valence-corrected chi connectivity index (χ3v) is 3.01. The van der Waals surface area contributed by atoms with Crippen LogP contribution in [0.2, 0.25) is 0 Å². The van der Waals surface area contributed by atoms with E-state index in [0.29, 0.717) is 6.54 Å². The van der Waals surface area contributed by atoms with Crippen molar-refractivity contribution in [3.8, 4) is 0 Å². The van der Waals surface area contributed by atoms with Crippen LogP contribution in [0.5, 0.6) is 0 Å². The third kappa shape index (κ3) is 2.33. The van der Waals surface area contributed by atoms with Crippen LogP contribution in [0.25, 0.3) is 0 Å². The highest BCUT2D eigenvalue weighted by molar-refractivity contribution is 5.36. The Balaban J connectivity index is 3.02. The molecule has 1 unspecified atom stereocenters. The van der Waals surface area contributed by atoms with Crippen molar-refractivity contribution in [2.45, 2.75) is 25.7 Å². The molecule has 0 radical (unpaired) electrons. The summed E-state index contributed by atoms with van der Waals surface area (Å²) in [5.41, 5.74) is 6.80. The largest absolute Gasteiger partial charge is 0.330 e. The highest BCUT2D eigenvalue weighted by Crippen LogP contribution is 2.27. The molecular formula is C11H16N2O2. The van der Waals surface area contributed by atoms with E-state index in [4.69, 9.17) is 5.73 Å². The van der Waals surface area contributed by atoms with Crippen molar-refractivity contribution in [3.63, 3.8) is 0 Å². The maximum Gasteiger partial charge on any atom is 0.269 e. The average Bonchev–Trinajstić information content (AvgIpc) is 2.28. The monoisotopic (exact) mass is 208 g/mol. The summed E-state index contributed by atoms with van der Waals surface area (Å²) in [4.78, 5) is 10.1. The molecule has 1 atom stereocenters. The molecule has 0 heterocycles. The van der Waals surface area contributed by atoms with Crippen LogP contribution in [0.1, 0.15) is 25.8 Å². The quantitative estimate of drug-likeness (QED) is 0.609. The van der Waals surface area contributed by atoms with Crippen LogP contribution in [0.3, 0.4) is 0 Å². The number of nitro benzene ring substituents is 1. The SMILES string of the molecule is CCC(C)(CN)c1ccc([N+](=O)[O-])cc1. The lowest BCUT2D eigenvalue weighted by molar-refractivity contribution is -0.384. The van der Waals surface area contributed by atoms with Crippen LogP contribution >= 0.6 is 0 Å². The third-order valence-electron chi connectivity index (χ3n) is 3.01. The molecule has 1 aromatic carbocycles. The fraction of sp³-hybridized carbons (Fsp3) is 0.455. The Morgan fingerprint density at radius 1 is 1.40 bits per heavy atom. The first-order valence-corrected chi connectivity index (χ1v) is 4.98. The van der Waals surface area contributed by atoms with Crippen LogP contribution in [0, 0.1) is 10.1 Å². The topological polar surface area (TPSA) is 69.2 Å². The van der Waals surface area contributed by atoms with E-state index in [1.165, 1.54) is 12.1 Å². The fourth-order valence-corrected chi connectivity index (χ4v) is 1.45. The first-order chi connectivity index (χ1) is 7.03. The van der Waals surface area contributed by atoms with Crippen molar-refractivity contribution < 1.29 is 4.92 Å². The summed E-state index contributed by atoms with van der Waals surface area (Å²) >= 11 is 0. The number of non-ortho nitro benzene ring substituents is 1. The van der Waals surface area contributed by atoms with Crippen LogP contribution < -0.4 is 5.73 Å².